The zero-order chi connectivity index (χ0) is 9.03. The molecule has 1 rings (SSSR count). The molecule has 0 radical (unpaired) electrons. The van der Waals surface area contributed by atoms with Crippen LogP contribution in [0, 0.1) is 0 Å². The maximum atomic E-state index is 9.86. The second-order valence-electron chi connectivity index (χ2n) is 3.07. The summed E-state index contributed by atoms with van der Waals surface area (Å²) in [6.07, 6.45) is 0. The van der Waals surface area contributed by atoms with Gasteiger partial charge in [0.25, 0.3) is 0 Å². The zero-order valence-corrected chi connectivity index (χ0v) is 7.45. The predicted octanol–water partition coefficient (Wildman–Crippen LogP) is 1.54. The van der Waals surface area contributed by atoms with Crippen molar-refractivity contribution in [3.63, 3.8) is 0 Å². The Balaban J connectivity index is 2.82. The van der Waals surface area contributed by atoms with Crippen LogP contribution in [0.15, 0.2) is 30.3 Å². The van der Waals surface area contributed by atoms with Crippen molar-refractivity contribution in [2.24, 2.45) is 0 Å². The van der Waals surface area contributed by atoms with E-state index in [1.807, 2.05) is 30.3 Å². The van der Waals surface area contributed by atoms with Crippen LogP contribution in [0.2, 0.25) is 0 Å². The highest BCUT2D eigenvalue weighted by Gasteiger charge is 2.21. The molecule has 0 aromatic heterocycles. The van der Waals surface area contributed by atoms with E-state index in [0.717, 1.165) is 5.56 Å². The Labute approximate surface area is 72.8 Å². The van der Waals surface area contributed by atoms with Gasteiger partial charge >= 0.3 is 0 Å². The molecule has 0 amide bonds. The molecule has 0 fully saturated rings. The predicted molar refractivity (Wildman–Crippen MR) is 47.9 cm³/mol. The molecule has 1 aromatic rings. The molecule has 2 nitrogen and oxygen atoms in total. The summed E-state index contributed by atoms with van der Waals surface area (Å²) in [6.45, 7) is 2.06. The molecule has 0 spiro atoms. The molecule has 0 saturated carbocycles. The number of benzene rings is 1. The molecular formula is C10H14O2. The van der Waals surface area contributed by atoms with Gasteiger partial charge in [-0.05, 0) is 12.5 Å². The van der Waals surface area contributed by atoms with Crippen molar-refractivity contribution in [2.45, 2.75) is 12.5 Å². The van der Waals surface area contributed by atoms with Crippen LogP contribution in [-0.4, -0.2) is 18.8 Å². The third-order valence-electron chi connectivity index (χ3n) is 1.82. The standard InChI is InChI=1S/C10H14O2/c1-10(11,8-12-2)9-6-4-3-5-7-9/h3-7,11H,8H2,1-2H3/t10-/m0/s1. The fourth-order valence-electron chi connectivity index (χ4n) is 1.16. The molecule has 1 N–H and O–H groups in total. The van der Waals surface area contributed by atoms with Gasteiger partial charge < -0.3 is 9.84 Å². The lowest BCUT2D eigenvalue weighted by molar-refractivity contribution is -0.0208. The van der Waals surface area contributed by atoms with E-state index in [9.17, 15) is 5.11 Å². The van der Waals surface area contributed by atoms with E-state index in [1.165, 1.54) is 0 Å². The summed E-state index contributed by atoms with van der Waals surface area (Å²) in [6, 6.07) is 9.50. The van der Waals surface area contributed by atoms with E-state index < -0.39 is 5.60 Å². The molecule has 0 unspecified atom stereocenters. The Morgan fingerprint density at radius 3 is 2.42 bits per heavy atom. The fourth-order valence-corrected chi connectivity index (χ4v) is 1.16. The quantitative estimate of drug-likeness (QED) is 0.738. The summed E-state index contributed by atoms with van der Waals surface area (Å²) in [4.78, 5) is 0. The first-order chi connectivity index (χ1) is 5.67. The van der Waals surface area contributed by atoms with Crippen LogP contribution < -0.4 is 0 Å². The first-order valence-corrected chi connectivity index (χ1v) is 3.93. The van der Waals surface area contributed by atoms with Gasteiger partial charge in [0.05, 0.1) is 6.61 Å². The van der Waals surface area contributed by atoms with Gasteiger partial charge in [0.15, 0.2) is 0 Å². The minimum atomic E-state index is -0.879. The van der Waals surface area contributed by atoms with Crippen LogP contribution in [0.3, 0.4) is 0 Å². The van der Waals surface area contributed by atoms with Gasteiger partial charge in [-0.15, -0.1) is 0 Å². The van der Waals surface area contributed by atoms with Crippen molar-refractivity contribution in [1.29, 1.82) is 0 Å². The lowest BCUT2D eigenvalue weighted by Crippen LogP contribution is -2.26. The Morgan fingerprint density at radius 1 is 1.33 bits per heavy atom. The van der Waals surface area contributed by atoms with Gasteiger partial charge in [-0.2, -0.15) is 0 Å². The molecule has 0 saturated heterocycles. The Morgan fingerprint density at radius 2 is 1.92 bits per heavy atom. The van der Waals surface area contributed by atoms with E-state index in [0.29, 0.717) is 6.61 Å². The number of aliphatic hydroxyl groups is 1. The molecule has 12 heavy (non-hydrogen) atoms. The molecule has 2 heteroatoms. The summed E-state index contributed by atoms with van der Waals surface area (Å²) in [5, 5.41) is 9.86. The summed E-state index contributed by atoms with van der Waals surface area (Å²) >= 11 is 0. The van der Waals surface area contributed by atoms with Crippen LogP contribution in [0.4, 0.5) is 0 Å². The van der Waals surface area contributed by atoms with Crippen molar-refractivity contribution < 1.29 is 9.84 Å². The van der Waals surface area contributed by atoms with E-state index in [1.54, 1.807) is 14.0 Å². The summed E-state index contributed by atoms with van der Waals surface area (Å²) in [5.74, 6) is 0. The first kappa shape index (κ1) is 9.23. The molecule has 0 aliphatic heterocycles. The highest BCUT2D eigenvalue weighted by atomic mass is 16.5. The van der Waals surface area contributed by atoms with Crippen LogP contribution >= 0.6 is 0 Å². The SMILES string of the molecule is COC[C@](C)(O)c1ccccc1. The lowest BCUT2D eigenvalue weighted by atomic mass is 9.97. The Kier molecular flexibility index (Phi) is 2.84. The molecule has 66 valence electrons. The zero-order valence-electron chi connectivity index (χ0n) is 7.45. The third-order valence-corrected chi connectivity index (χ3v) is 1.82. The van der Waals surface area contributed by atoms with Crippen molar-refractivity contribution in [3.8, 4) is 0 Å². The molecule has 1 aromatic carbocycles. The second kappa shape index (κ2) is 3.70. The van der Waals surface area contributed by atoms with Gasteiger partial charge in [-0.25, -0.2) is 0 Å². The number of methoxy groups -OCH3 is 1. The van der Waals surface area contributed by atoms with E-state index in [-0.39, 0.29) is 0 Å². The van der Waals surface area contributed by atoms with Crippen LogP contribution in [0.5, 0.6) is 0 Å². The van der Waals surface area contributed by atoms with Crippen molar-refractivity contribution in [2.75, 3.05) is 13.7 Å². The third kappa shape index (κ3) is 2.06. The topological polar surface area (TPSA) is 29.5 Å². The average molecular weight is 166 g/mol. The summed E-state index contributed by atoms with van der Waals surface area (Å²) < 4.78 is 4.91. The lowest BCUT2D eigenvalue weighted by Gasteiger charge is -2.22. The summed E-state index contributed by atoms with van der Waals surface area (Å²) in [7, 11) is 1.58. The molecule has 0 bridgehead atoms. The van der Waals surface area contributed by atoms with Crippen LogP contribution in [0.1, 0.15) is 12.5 Å². The number of rotatable bonds is 3. The Hall–Kier alpha value is -0.860. The smallest absolute Gasteiger partial charge is 0.110 e. The highest BCUT2D eigenvalue weighted by Crippen LogP contribution is 2.19. The van der Waals surface area contributed by atoms with Crippen molar-refractivity contribution >= 4 is 0 Å². The molecule has 0 heterocycles. The maximum absolute atomic E-state index is 9.86. The molecule has 0 aliphatic carbocycles. The van der Waals surface area contributed by atoms with Crippen LogP contribution in [0.25, 0.3) is 0 Å². The molecule has 0 aliphatic rings. The number of hydrogen-bond donors (Lipinski definition) is 1. The minimum absolute atomic E-state index is 0.316. The number of ether oxygens (including phenoxy) is 1. The molecular weight excluding hydrogens is 152 g/mol. The fraction of sp³-hybridized carbons (Fsp3) is 0.400. The minimum Gasteiger partial charge on any atom is -0.383 e. The van der Waals surface area contributed by atoms with Gasteiger partial charge in [0.1, 0.15) is 5.60 Å². The second-order valence-corrected chi connectivity index (χ2v) is 3.07. The summed E-state index contributed by atoms with van der Waals surface area (Å²) in [5.41, 5.74) is 0.00238. The normalized spacial score (nSPS) is 15.6. The van der Waals surface area contributed by atoms with Crippen molar-refractivity contribution in [1.82, 2.24) is 0 Å². The van der Waals surface area contributed by atoms with E-state index >= 15 is 0 Å². The van der Waals surface area contributed by atoms with Crippen molar-refractivity contribution in [3.05, 3.63) is 35.9 Å². The van der Waals surface area contributed by atoms with Gasteiger partial charge in [-0.1, -0.05) is 30.3 Å². The largest absolute Gasteiger partial charge is 0.383 e. The molecule has 1 atom stereocenters. The van der Waals surface area contributed by atoms with Gasteiger partial charge in [-0.3, -0.25) is 0 Å². The monoisotopic (exact) mass is 166 g/mol. The van der Waals surface area contributed by atoms with E-state index in [2.05, 4.69) is 0 Å². The van der Waals surface area contributed by atoms with Gasteiger partial charge in [0.2, 0.25) is 0 Å². The first-order valence-electron chi connectivity index (χ1n) is 3.93. The maximum Gasteiger partial charge on any atom is 0.110 e. The van der Waals surface area contributed by atoms with Gasteiger partial charge in [0, 0.05) is 7.11 Å². The van der Waals surface area contributed by atoms with E-state index in [4.69, 9.17) is 4.74 Å². The Bertz CT molecular complexity index is 229. The average Bonchev–Trinajstić information content (AvgIpc) is 2.06. The van der Waals surface area contributed by atoms with Crippen LogP contribution in [-0.2, 0) is 10.3 Å². The number of hydrogen-bond acceptors (Lipinski definition) is 2. The highest BCUT2D eigenvalue weighted by molar-refractivity contribution is 5.21.